The fourth-order valence-corrected chi connectivity index (χ4v) is 0.857. The molecule has 0 aliphatic carbocycles. The molecule has 14 heavy (non-hydrogen) atoms. The third-order valence-electron chi connectivity index (χ3n) is 1.34. The Bertz CT molecular complexity index is 293. The third kappa shape index (κ3) is 4.55. The van der Waals surface area contributed by atoms with E-state index in [1.54, 1.807) is 24.5 Å². The van der Waals surface area contributed by atoms with Gasteiger partial charge in [0.15, 0.2) is 12.4 Å². The van der Waals surface area contributed by atoms with Gasteiger partial charge in [-0.2, -0.15) is 0 Å². The zero-order valence-electron chi connectivity index (χ0n) is 8.50. The van der Waals surface area contributed by atoms with E-state index in [0.717, 1.165) is 0 Å². The fourth-order valence-electron chi connectivity index (χ4n) is 0.857. The zero-order valence-corrected chi connectivity index (χ0v) is 10.7. The quantitative estimate of drug-likeness (QED) is 0.466. The van der Waals surface area contributed by atoms with Gasteiger partial charge in [0.25, 0.3) is 0 Å². The van der Waals surface area contributed by atoms with Gasteiger partial charge >= 0.3 is 5.97 Å². The average molecular weight is 307 g/mol. The molecule has 0 bridgehead atoms. The van der Waals surface area contributed by atoms with Crippen molar-refractivity contribution in [2.75, 3.05) is 0 Å². The first-order chi connectivity index (χ1) is 5.99. The molecule has 1 heterocycles. The van der Waals surface area contributed by atoms with Gasteiger partial charge in [-0.25, -0.2) is 9.78 Å². The van der Waals surface area contributed by atoms with Gasteiger partial charge in [0.1, 0.15) is 11.2 Å². The van der Waals surface area contributed by atoms with E-state index in [4.69, 9.17) is 4.74 Å². The van der Waals surface area contributed by atoms with Gasteiger partial charge in [0.2, 0.25) is 0 Å². The predicted molar refractivity (Wildman–Crippen MR) is 48.2 cm³/mol. The lowest BCUT2D eigenvalue weighted by Crippen LogP contribution is -3.00. The van der Waals surface area contributed by atoms with Crippen LogP contribution in [0.25, 0.3) is 0 Å². The lowest BCUT2D eigenvalue weighted by atomic mass is 10.2. The van der Waals surface area contributed by atoms with Crippen LogP contribution >= 0.6 is 0 Å². The molecule has 0 unspecified atom stereocenters. The number of rotatable bonds is 1. The Morgan fingerprint density at radius 2 is 2.07 bits per heavy atom. The molecule has 1 N–H and O–H groups in total. The van der Waals surface area contributed by atoms with E-state index in [1.165, 1.54) is 0 Å². The van der Waals surface area contributed by atoms with Crippen LogP contribution in [0.3, 0.4) is 0 Å². The van der Waals surface area contributed by atoms with Crippen molar-refractivity contribution in [1.29, 1.82) is 0 Å². The molecule has 3 nitrogen and oxygen atoms in total. The molecule has 4 heteroatoms. The number of nitrogens with one attached hydrogen (secondary N) is 1. The summed E-state index contributed by atoms with van der Waals surface area (Å²) in [6, 6.07) is 3.48. The monoisotopic (exact) mass is 307 g/mol. The van der Waals surface area contributed by atoms with Gasteiger partial charge in [0.05, 0.1) is 0 Å². The zero-order chi connectivity index (χ0) is 9.90. The first-order valence-electron chi connectivity index (χ1n) is 4.18. The number of H-pyrrole nitrogens is 1. The molecule has 0 amide bonds. The number of hydrogen-bond donors (Lipinski definition) is 0. The van der Waals surface area contributed by atoms with E-state index in [2.05, 4.69) is 4.98 Å². The summed E-state index contributed by atoms with van der Waals surface area (Å²) in [5.74, 6) is -0.302. The molecule has 1 aromatic heterocycles. The maximum atomic E-state index is 11.4. The van der Waals surface area contributed by atoms with Gasteiger partial charge in [0, 0.05) is 6.07 Å². The Kier molecular flexibility index (Phi) is 5.04. The number of carbonyl (C=O) groups is 1. The van der Waals surface area contributed by atoms with Crippen LogP contribution in [-0.4, -0.2) is 11.6 Å². The summed E-state index contributed by atoms with van der Waals surface area (Å²) >= 11 is 0. The molecule has 0 fully saturated rings. The van der Waals surface area contributed by atoms with Crippen molar-refractivity contribution < 1.29 is 38.5 Å². The molecule has 1 aromatic rings. The summed E-state index contributed by atoms with van der Waals surface area (Å²) in [5, 5.41) is 0. The molecule has 78 valence electrons. The number of carbonyl (C=O) groups excluding carboxylic acids is 1. The molecule has 0 atom stereocenters. The number of ether oxygens (including phenoxy) is 1. The first-order valence-corrected chi connectivity index (χ1v) is 4.18. The maximum absolute atomic E-state index is 11.4. The van der Waals surface area contributed by atoms with Crippen molar-refractivity contribution in [3.63, 3.8) is 0 Å². The van der Waals surface area contributed by atoms with Gasteiger partial charge in [-0.15, -0.1) is 0 Å². The minimum atomic E-state index is -0.438. The molecular formula is C10H14INO2. The van der Waals surface area contributed by atoms with E-state index in [9.17, 15) is 4.79 Å². The normalized spacial score (nSPS) is 10.2. The summed E-state index contributed by atoms with van der Waals surface area (Å²) in [6.07, 6.45) is 3.36. The van der Waals surface area contributed by atoms with Crippen LogP contribution in [0, 0.1) is 0 Å². The van der Waals surface area contributed by atoms with Crippen LogP contribution in [0.2, 0.25) is 0 Å². The Hall–Kier alpha value is -0.650. The van der Waals surface area contributed by atoms with Crippen LogP contribution in [0.15, 0.2) is 24.5 Å². The highest BCUT2D eigenvalue weighted by Gasteiger charge is 2.18. The number of hydrogen-bond acceptors (Lipinski definition) is 2. The van der Waals surface area contributed by atoms with Crippen LogP contribution in [0.1, 0.15) is 31.1 Å². The molecule has 0 radical (unpaired) electrons. The molecule has 0 aliphatic rings. The summed E-state index contributed by atoms with van der Waals surface area (Å²) in [4.78, 5) is 14.2. The van der Waals surface area contributed by atoms with Gasteiger partial charge in [-0.1, -0.05) is 0 Å². The number of pyridine rings is 1. The van der Waals surface area contributed by atoms with Crippen molar-refractivity contribution in [2.45, 2.75) is 26.4 Å². The average Bonchev–Trinajstić information content (AvgIpc) is 2.03. The van der Waals surface area contributed by atoms with Crippen LogP contribution in [0.4, 0.5) is 0 Å². The highest BCUT2D eigenvalue weighted by molar-refractivity contribution is 5.88. The second-order valence-electron chi connectivity index (χ2n) is 3.79. The predicted octanol–water partition coefficient (Wildman–Crippen LogP) is -1.54. The lowest BCUT2D eigenvalue weighted by Gasteiger charge is -2.18. The topological polar surface area (TPSA) is 40.4 Å². The van der Waals surface area contributed by atoms with E-state index < -0.39 is 5.60 Å². The minimum absolute atomic E-state index is 0. The molecule has 1 rings (SSSR count). The fraction of sp³-hybridized carbons (Fsp3) is 0.400. The number of aromatic amines is 1. The van der Waals surface area contributed by atoms with Crippen molar-refractivity contribution >= 4 is 5.97 Å². The van der Waals surface area contributed by atoms with E-state index in [0.29, 0.717) is 5.56 Å². The van der Waals surface area contributed by atoms with Gasteiger partial charge in [-0.3, -0.25) is 0 Å². The largest absolute Gasteiger partial charge is 1.00 e. The van der Waals surface area contributed by atoms with Crippen LogP contribution < -0.4 is 29.0 Å². The van der Waals surface area contributed by atoms with E-state index >= 15 is 0 Å². The second-order valence-corrected chi connectivity index (χ2v) is 3.79. The Labute approximate surface area is 101 Å². The SMILES string of the molecule is CC(C)(C)OC(=O)c1ccc[nH+]c1.[I-]. The first kappa shape index (κ1) is 13.4. The molecule has 0 saturated heterocycles. The smallest absolute Gasteiger partial charge is 0.344 e. The molecule has 0 saturated carbocycles. The molecule has 0 aromatic carbocycles. The minimum Gasteiger partial charge on any atom is -1.00 e. The maximum Gasteiger partial charge on any atom is 0.344 e. The Balaban J connectivity index is 0.00000169. The molecular weight excluding hydrogens is 293 g/mol. The van der Waals surface area contributed by atoms with Crippen LogP contribution in [-0.2, 0) is 4.74 Å². The van der Waals surface area contributed by atoms with Gasteiger partial charge < -0.3 is 28.7 Å². The number of halogens is 1. The third-order valence-corrected chi connectivity index (χ3v) is 1.34. The highest BCUT2D eigenvalue weighted by Crippen LogP contribution is 2.10. The standard InChI is InChI=1S/C10H13NO2.HI/c1-10(2,3)13-9(12)8-5-4-6-11-7-8;/h4-7H,1-3H3;1H. The Morgan fingerprint density at radius 3 is 2.50 bits per heavy atom. The van der Waals surface area contributed by atoms with Crippen molar-refractivity contribution in [3.05, 3.63) is 30.1 Å². The number of esters is 1. The van der Waals surface area contributed by atoms with Gasteiger partial charge in [-0.05, 0) is 26.8 Å². The van der Waals surface area contributed by atoms with Crippen molar-refractivity contribution in [3.8, 4) is 0 Å². The van der Waals surface area contributed by atoms with Crippen LogP contribution in [0.5, 0.6) is 0 Å². The highest BCUT2D eigenvalue weighted by atomic mass is 127. The van der Waals surface area contributed by atoms with E-state index in [-0.39, 0.29) is 29.9 Å². The lowest BCUT2D eigenvalue weighted by molar-refractivity contribution is -0.378. The number of aromatic nitrogens is 1. The van der Waals surface area contributed by atoms with E-state index in [1.807, 2.05) is 20.8 Å². The summed E-state index contributed by atoms with van der Waals surface area (Å²) in [6.45, 7) is 5.53. The van der Waals surface area contributed by atoms with Crippen molar-refractivity contribution in [1.82, 2.24) is 0 Å². The summed E-state index contributed by atoms with van der Waals surface area (Å²) < 4.78 is 5.16. The summed E-state index contributed by atoms with van der Waals surface area (Å²) in [7, 11) is 0. The van der Waals surface area contributed by atoms with Crippen molar-refractivity contribution in [2.24, 2.45) is 0 Å². The summed E-state index contributed by atoms with van der Waals surface area (Å²) in [5.41, 5.74) is 0.102. The molecule has 0 aliphatic heterocycles. The second kappa shape index (κ2) is 5.29. The molecule has 0 spiro atoms. The Morgan fingerprint density at radius 1 is 1.43 bits per heavy atom.